The number of hydrogen-bond donors (Lipinski definition) is 2. The van der Waals surface area contributed by atoms with E-state index in [4.69, 9.17) is 11.6 Å². The number of para-hydroxylation sites is 1. The van der Waals surface area contributed by atoms with Crippen LogP contribution in [0.5, 0.6) is 0 Å². The Morgan fingerprint density at radius 2 is 1.61 bits per heavy atom. The largest absolute Gasteiger partial charge is 0.340 e. The maximum Gasteiger partial charge on any atom is 0.229 e. The van der Waals surface area contributed by atoms with E-state index in [0.29, 0.717) is 22.4 Å². The van der Waals surface area contributed by atoms with E-state index in [2.05, 4.69) is 20.6 Å². The molecule has 0 fully saturated rings. The van der Waals surface area contributed by atoms with Gasteiger partial charge < -0.3 is 10.6 Å². The van der Waals surface area contributed by atoms with Crippen LogP contribution >= 0.6 is 24.0 Å². The normalized spacial score (nSPS) is 11.3. The van der Waals surface area contributed by atoms with Crippen LogP contribution in [0, 0.1) is 0 Å². The van der Waals surface area contributed by atoms with Crippen LogP contribution in [0.25, 0.3) is 10.9 Å². The molecule has 0 bridgehead atoms. The van der Waals surface area contributed by atoms with Crippen molar-refractivity contribution in [1.82, 2.24) is 14.3 Å². The third-order valence-electron chi connectivity index (χ3n) is 4.81. The Labute approximate surface area is 204 Å². The summed E-state index contributed by atoms with van der Waals surface area (Å²) in [5.74, 6) is 1.01. The molecule has 0 spiro atoms. The van der Waals surface area contributed by atoms with Gasteiger partial charge in [0.15, 0.2) is 0 Å². The highest BCUT2D eigenvalue weighted by atomic mass is 35.5. The van der Waals surface area contributed by atoms with Gasteiger partial charge in [-0.1, -0.05) is 41.9 Å². The lowest BCUT2D eigenvalue weighted by Gasteiger charge is -2.13. The molecule has 172 valence electrons. The quantitative estimate of drug-likeness (QED) is 0.342. The maximum atomic E-state index is 12.1. The van der Waals surface area contributed by atoms with Gasteiger partial charge in [0.05, 0.1) is 11.3 Å². The Kier molecular flexibility index (Phi) is 7.76. The Morgan fingerprint density at radius 1 is 0.879 bits per heavy atom. The first-order chi connectivity index (χ1) is 15.3. The molecule has 0 saturated heterocycles. The molecule has 7 nitrogen and oxygen atoms in total. The van der Waals surface area contributed by atoms with Crippen molar-refractivity contribution in [2.45, 2.75) is 5.75 Å². The Hall–Kier alpha value is -2.91. The van der Waals surface area contributed by atoms with E-state index in [0.717, 1.165) is 22.3 Å². The predicted molar refractivity (Wildman–Crippen MR) is 138 cm³/mol. The zero-order valence-electron chi connectivity index (χ0n) is 18.0. The summed E-state index contributed by atoms with van der Waals surface area (Å²) in [6, 6.07) is 22.3. The molecule has 1 heterocycles. The fourth-order valence-corrected chi connectivity index (χ4v) is 4.15. The summed E-state index contributed by atoms with van der Waals surface area (Å²) < 4.78 is 25.4. The summed E-state index contributed by atoms with van der Waals surface area (Å²) in [5.41, 5.74) is 3.05. The van der Waals surface area contributed by atoms with Crippen LogP contribution < -0.4 is 10.6 Å². The minimum Gasteiger partial charge on any atom is -0.340 e. The lowest BCUT2D eigenvalue weighted by Crippen LogP contribution is -2.23. The van der Waals surface area contributed by atoms with E-state index in [1.54, 1.807) is 12.1 Å². The summed E-state index contributed by atoms with van der Waals surface area (Å²) in [6.07, 6.45) is 0. The van der Waals surface area contributed by atoms with E-state index in [1.807, 2.05) is 60.7 Å². The van der Waals surface area contributed by atoms with Crippen molar-refractivity contribution in [3.8, 4) is 0 Å². The Morgan fingerprint density at radius 3 is 2.30 bits per heavy atom. The Bertz CT molecular complexity index is 1360. The predicted octanol–water partition coefficient (Wildman–Crippen LogP) is 5.58. The number of sulfonamides is 1. The number of nitrogens with zero attached hydrogens (tertiary/aromatic N) is 3. The van der Waals surface area contributed by atoms with Crippen molar-refractivity contribution in [3.05, 3.63) is 83.4 Å². The number of nitrogens with one attached hydrogen (secondary N) is 2. The standard InChI is InChI=1S/C23H22ClN5O2S.ClH/c1-29(2)32(30,31)15-16-10-12-18(13-11-16)26-23-27-21-9-4-3-8-20(21)22(28-23)25-19-7-5-6-17(24)14-19;/h3-14H,15H2,1-2H3,(H2,25,26,27,28);1H. The zero-order chi connectivity index (χ0) is 22.7. The van der Waals surface area contributed by atoms with Crippen LogP contribution in [0.1, 0.15) is 5.56 Å². The van der Waals surface area contributed by atoms with Crippen LogP contribution in [0.2, 0.25) is 5.02 Å². The van der Waals surface area contributed by atoms with Gasteiger partial charge in [0, 0.05) is 35.9 Å². The topological polar surface area (TPSA) is 87.2 Å². The first kappa shape index (κ1) is 24.7. The molecule has 0 aliphatic carbocycles. The van der Waals surface area contributed by atoms with Gasteiger partial charge in [-0.05, 0) is 48.0 Å². The van der Waals surface area contributed by atoms with Gasteiger partial charge >= 0.3 is 0 Å². The van der Waals surface area contributed by atoms with E-state index in [1.165, 1.54) is 18.4 Å². The van der Waals surface area contributed by atoms with Gasteiger partial charge in [0.1, 0.15) is 5.82 Å². The molecule has 0 radical (unpaired) electrons. The molecule has 2 N–H and O–H groups in total. The number of rotatable bonds is 7. The highest BCUT2D eigenvalue weighted by Gasteiger charge is 2.14. The fourth-order valence-electron chi connectivity index (χ4n) is 3.08. The molecule has 4 rings (SSSR count). The molecule has 0 amide bonds. The average Bonchev–Trinajstić information content (AvgIpc) is 2.75. The van der Waals surface area contributed by atoms with Crippen LogP contribution in [0.4, 0.5) is 23.1 Å². The van der Waals surface area contributed by atoms with Gasteiger partial charge in [-0.15, -0.1) is 12.4 Å². The fraction of sp³-hybridized carbons (Fsp3) is 0.130. The van der Waals surface area contributed by atoms with Crippen molar-refractivity contribution in [2.75, 3.05) is 24.7 Å². The molecular formula is C23H23Cl2N5O2S. The number of anilines is 4. The molecule has 0 aliphatic heterocycles. The lowest BCUT2D eigenvalue weighted by atomic mass is 10.2. The SMILES string of the molecule is CN(C)S(=O)(=O)Cc1ccc(Nc2nc(Nc3cccc(Cl)c3)c3ccccc3n2)cc1.Cl. The molecule has 0 unspecified atom stereocenters. The number of halogens is 2. The number of hydrogen-bond acceptors (Lipinski definition) is 6. The van der Waals surface area contributed by atoms with E-state index in [-0.39, 0.29) is 18.2 Å². The number of benzene rings is 3. The first-order valence-corrected chi connectivity index (χ1v) is 11.8. The summed E-state index contributed by atoms with van der Waals surface area (Å²) in [7, 11) is -0.265. The average molecular weight is 504 g/mol. The second-order valence-electron chi connectivity index (χ2n) is 7.41. The summed E-state index contributed by atoms with van der Waals surface area (Å²) in [4.78, 5) is 9.25. The summed E-state index contributed by atoms with van der Waals surface area (Å²) >= 11 is 6.11. The van der Waals surface area contributed by atoms with Crippen LogP contribution in [-0.2, 0) is 15.8 Å². The molecular weight excluding hydrogens is 481 g/mol. The smallest absolute Gasteiger partial charge is 0.229 e. The van der Waals surface area contributed by atoms with Crippen molar-refractivity contribution in [1.29, 1.82) is 0 Å². The molecule has 0 aliphatic rings. The minimum atomic E-state index is -3.32. The highest BCUT2D eigenvalue weighted by molar-refractivity contribution is 7.88. The Balaban J connectivity index is 0.00000306. The molecule has 0 saturated carbocycles. The number of aromatic nitrogens is 2. The van der Waals surface area contributed by atoms with Gasteiger partial charge in [-0.3, -0.25) is 0 Å². The van der Waals surface area contributed by atoms with Crippen LogP contribution in [0.3, 0.4) is 0 Å². The number of fused-ring (bicyclic) bond motifs is 1. The lowest BCUT2D eigenvalue weighted by molar-refractivity contribution is 0.520. The molecule has 3 aromatic carbocycles. The van der Waals surface area contributed by atoms with E-state index < -0.39 is 10.0 Å². The van der Waals surface area contributed by atoms with Crippen molar-refractivity contribution >= 4 is 68.1 Å². The summed E-state index contributed by atoms with van der Waals surface area (Å²) in [6.45, 7) is 0. The van der Waals surface area contributed by atoms with Crippen LogP contribution in [0.15, 0.2) is 72.8 Å². The highest BCUT2D eigenvalue weighted by Crippen LogP contribution is 2.27. The molecule has 1 aromatic heterocycles. The van der Waals surface area contributed by atoms with Crippen molar-refractivity contribution in [3.63, 3.8) is 0 Å². The monoisotopic (exact) mass is 503 g/mol. The minimum absolute atomic E-state index is 0. The first-order valence-electron chi connectivity index (χ1n) is 9.86. The van der Waals surface area contributed by atoms with Gasteiger partial charge in [0.2, 0.25) is 16.0 Å². The molecule has 33 heavy (non-hydrogen) atoms. The second kappa shape index (κ2) is 10.4. The molecule has 0 atom stereocenters. The van der Waals surface area contributed by atoms with Gasteiger partial charge in [-0.2, -0.15) is 4.98 Å². The van der Waals surface area contributed by atoms with Crippen LogP contribution in [-0.4, -0.2) is 36.8 Å². The van der Waals surface area contributed by atoms with E-state index >= 15 is 0 Å². The van der Waals surface area contributed by atoms with Crippen molar-refractivity contribution < 1.29 is 8.42 Å². The maximum absolute atomic E-state index is 12.1. The zero-order valence-corrected chi connectivity index (χ0v) is 20.4. The van der Waals surface area contributed by atoms with E-state index in [9.17, 15) is 8.42 Å². The van der Waals surface area contributed by atoms with Crippen molar-refractivity contribution in [2.24, 2.45) is 0 Å². The van der Waals surface area contributed by atoms with Gasteiger partial charge in [-0.25, -0.2) is 17.7 Å². The second-order valence-corrected chi connectivity index (χ2v) is 10.0. The third-order valence-corrected chi connectivity index (χ3v) is 6.85. The molecule has 4 aromatic rings. The summed E-state index contributed by atoms with van der Waals surface area (Å²) in [5, 5.41) is 8.02. The third kappa shape index (κ3) is 6.11. The molecule has 10 heteroatoms. The van der Waals surface area contributed by atoms with Gasteiger partial charge in [0.25, 0.3) is 0 Å².